The van der Waals surface area contributed by atoms with Crippen molar-refractivity contribution in [3.8, 4) is 0 Å². The molecule has 1 aromatic carbocycles. The molecule has 3 aromatic rings. The first-order valence-corrected chi connectivity index (χ1v) is 12.6. The summed E-state index contributed by atoms with van der Waals surface area (Å²) in [4.78, 5) is 7.40. The highest BCUT2D eigenvalue weighted by molar-refractivity contribution is 6.30. The molecule has 6 rings (SSSR count). The smallest absolute Gasteiger partial charge is 0.242 e. The Morgan fingerprint density at radius 3 is 2.65 bits per heavy atom. The molecule has 178 valence electrons. The van der Waals surface area contributed by atoms with Crippen molar-refractivity contribution in [2.75, 3.05) is 23.3 Å². The van der Waals surface area contributed by atoms with Crippen LogP contribution in [0.3, 0.4) is 0 Å². The predicted octanol–water partition coefficient (Wildman–Crippen LogP) is 4.81. The van der Waals surface area contributed by atoms with Crippen molar-refractivity contribution in [2.45, 2.75) is 57.5 Å². The molecule has 2 aromatic heterocycles. The summed E-state index contributed by atoms with van der Waals surface area (Å²) in [5.41, 5.74) is 2.98. The van der Waals surface area contributed by atoms with Crippen molar-refractivity contribution >= 4 is 23.2 Å². The van der Waals surface area contributed by atoms with Crippen LogP contribution in [0.2, 0.25) is 5.02 Å². The van der Waals surface area contributed by atoms with Gasteiger partial charge in [0.1, 0.15) is 11.6 Å². The van der Waals surface area contributed by atoms with Crippen molar-refractivity contribution in [1.82, 2.24) is 25.0 Å². The van der Waals surface area contributed by atoms with Crippen LogP contribution in [0.15, 0.2) is 30.5 Å². The average molecular weight is 482 g/mol. The van der Waals surface area contributed by atoms with Gasteiger partial charge in [0.25, 0.3) is 0 Å². The van der Waals surface area contributed by atoms with Gasteiger partial charge in [-0.3, -0.25) is 0 Å². The Morgan fingerprint density at radius 1 is 1.06 bits per heavy atom. The lowest BCUT2D eigenvalue weighted by atomic mass is 9.92. The van der Waals surface area contributed by atoms with Gasteiger partial charge in [0.05, 0.1) is 17.6 Å². The highest BCUT2D eigenvalue weighted by Crippen LogP contribution is 2.40. The third-order valence-electron chi connectivity index (χ3n) is 7.67. The van der Waals surface area contributed by atoms with Crippen molar-refractivity contribution < 1.29 is 4.39 Å². The zero-order valence-electron chi connectivity index (χ0n) is 19.3. The second-order valence-electron chi connectivity index (χ2n) is 10.00. The van der Waals surface area contributed by atoms with Gasteiger partial charge < -0.3 is 10.2 Å². The molecule has 4 heterocycles. The standard InChI is InChI=1S/C25H29ClFN7/c1-15-8-21(12-28-31-15)33-13-16-5-6-17(14-33)23(16)29-25-30-24-22(4-2-3-7-34(24)32-25)18-9-19(26)11-20(27)10-18/h8-12,16-17,22-23H,2-7,13-14H2,1H3,(H,29,32)/t16-,17+,22-,23-/m0/s1. The normalized spacial score (nSPS) is 26.3. The van der Waals surface area contributed by atoms with E-state index in [1.54, 1.807) is 6.07 Å². The number of hydrogen-bond acceptors (Lipinski definition) is 6. The average Bonchev–Trinajstić information content (AvgIpc) is 3.20. The molecule has 9 heteroatoms. The summed E-state index contributed by atoms with van der Waals surface area (Å²) in [6.07, 6.45) is 7.29. The number of nitrogens with zero attached hydrogens (tertiary/aromatic N) is 6. The fraction of sp³-hybridized carbons (Fsp3) is 0.520. The summed E-state index contributed by atoms with van der Waals surface area (Å²) >= 11 is 6.17. The number of fused-ring (bicyclic) bond motifs is 3. The van der Waals surface area contributed by atoms with E-state index in [0.717, 1.165) is 61.7 Å². The van der Waals surface area contributed by atoms with Crippen molar-refractivity contribution in [1.29, 1.82) is 0 Å². The maximum absolute atomic E-state index is 14.1. The van der Waals surface area contributed by atoms with Crippen LogP contribution in [-0.4, -0.2) is 44.1 Å². The van der Waals surface area contributed by atoms with E-state index in [1.165, 1.54) is 18.9 Å². The predicted molar refractivity (Wildman–Crippen MR) is 130 cm³/mol. The van der Waals surface area contributed by atoms with E-state index in [4.69, 9.17) is 21.7 Å². The molecule has 1 aliphatic carbocycles. The number of rotatable bonds is 4. The number of piperidine rings is 1. The summed E-state index contributed by atoms with van der Waals surface area (Å²) in [5, 5.41) is 17.2. The second-order valence-corrected chi connectivity index (χ2v) is 10.4. The van der Waals surface area contributed by atoms with Crippen LogP contribution >= 0.6 is 11.6 Å². The number of anilines is 2. The molecule has 34 heavy (non-hydrogen) atoms. The molecular formula is C25H29ClFN7. The zero-order chi connectivity index (χ0) is 23.2. The number of halogens is 2. The maximum Gasteiger partial charge on any atom is 0.242 e. The van der Waals surface area contributed by atoms with E-state index < -0.39 is 0 Å². The molecule has 1 N–H and O–H groups in total. The van der Waals surface area contributed by atoms with E-state index in [2.05, 4.69) is 26.5 Å². The van der Waals surface area contributed by atoms with Gasteiger partial charge >= 0.3 is 0 Å². The van der Waals surface area contributed by atoms with Gasteiger partial charge in [-0.05, 0) is 74.3 Å². The van der Waals surface area contributed by atoms with Crippen LogP contribution in [0, 0.1) is 24.6 Å². The van der Waals surface area contributed by atoms with E-state index in [-0.39, 0.29) is 11.7 Å². The molecule has 0 spiro atoms. The first-order valence-electron chi connectivity index (χ1n) is 12.2. The van der Waals surface area contributed by atoms with E-state index in [1.807, 2.05) is 23.9 Å². The number of hydrogen-bond donors (Lipinski definition) is 1. The van der Waals surface area contributed by atoms with Crippen LogP contribution in [0.4, 0.5) is 16.0 Å². The van der Waals surface area contributed by atoms with Crippen molar-refractivity contribution in [3.63, 3.8) is 0 Å². The van der Waals surface area contributed by atoms with E-state index in [0.29, 0.717) is 28.8 Å². The lowest BCUT2D eigenvalue weighted by molar-refractivity contribution is 0.376. The van der Waals surface area contributed by atoms with Gasteiger partial charge in [-0.2, -0.15) is 15.2 Å². The van der Waals surface area contributed by atoms with Gasteiger partial charge in [-0.1, -0.05) is 18.0 Å². The van der Waals surface area contributed by atoms with E-state index >= 15 is 0 Å². The van der Waals surface area contributed by atoms with Crippen LogP contribution in [0.1, 0.15) is 55.1 Å². The van der Waals surface area contributed by atoms with Gasteiger partial charge in [0.15, 0.2) is 0 Å². The van der Waals surface area contributed by atoms with Gasteiger partial charge in [-0.25, -0.2) is 9.07 Å². The molecular weight excluding hydrogens is 453 g/mol. The number of nitrogens with one attached hydrogen (secondary N) is 1. The fourth-order valence-electron chi connectivity index (χ4n) is 6.12. The minimum atomic E-state index is -0.306. The Labute approximate surface area is 203 Å². The summed E-state index contributed by atoms with van der Waals surface area (Å²) < 4.78 is 16.1. The molecule has 7 nitrogen and oxygen atoms in total. The molecule has 1 saturated carbocycles. The van der Waals surface area contributed by atoms with Gasteiger partial charge in [0.2, 0.25) is 5.95 Å². The lowest BCUT2D eigenvalue weighted by Crippen LogP contribution is -2.48. The van der Waals surface area contributed by atoms with Gasteiger partial charge in [-0.15, -0.1) is 5.10 Å². The fourth-order valence-corrected chi connectivity index (χ4v) is 6.35. The van der Waals surface area contributed by atoms with Crippen LogP contribution in [0.25, 0.3) is 0 Å². The third kappa shape index (κ3) is 4.13. The number of benzene rings is 1. The van der Waals surface area contributed by atoms with Crippen LogP contribution in [0.5, 0.6) is 0 Å². The third-order valence-corrected chi connectivity index (χ3v) is 7.89. The second kappa shape index (κ2) is 8.80. The first kappa shape index (κ1) is 21.8. The number of aryl methyl sites for hydroxylation is 2. The quantitative estimate of drug-likeness (QED) is 0.576. The van der Waals surface area contributed by atoms with Crippen LogP contribution < -0.4 is 10.2 Å². The van der Waals surface area contributed by atoms with E-state index in [9.17, 15) is 4.39 Å². The zero-order valence-corrected chi connectivity index (χ0v) is 20.0. The Bertz CT molecular complexity index is 1160. The lowest BCUT2D eigenvalue weighted by Gasteiger charge is -2.39. The molecule has 4 atom stereocenters. The van der Waals surface area contributed by atoms with Crippen molar-refractivity contribution in [2.24, 2.45) is 11.8 Å². The maximum atomic E-state index is 14.1. The molecule has 0 radical (unpaired) electrons. The van der Waals surface area contributed by atoms with Gasteiger partial charge in [0, 0.05) is 36.6 Å². The Hall–Kier alpha value is -2.74. The minimum absolute atomic E-state index is 0.000232. The van der Waals surface area contributed by atoms with Crippen LogP contribution in [-0.2, 0) is 6.54 Å². The Balaban J connectivity index is 1.22. The first-order chi connectivity index (χ1) is 16.5. The summed E-state index contributed by atoms with van der Waals surface area (Å²) in [5.74, 6) is 2.37. The topological polar surface area (TPSA) is 71.8 Å². The summed E-state index contributed by atoms with van der Waals surface area (Å²) in [6.45, 7) is 4.82. The number of aromatic nitrogens is 5. The molecule has 2 aliphatic heterocycles. The van der Waals surface area contributed by atoms with Crippen molar-refractivity contribution in [3.05, 3.63) is 58.4 Å². The molecule has 2 fully saturated rings. The summed E-state index contributed by atoms with van der Waals surface area (Å²) in [7, 11) is 0. The molecule has 0 amide bonds. The Morgan fingerprint density at radius 2 is 1.88 bits per heavy atom. The summed E-state index contributed by atoms with van der Waals surface area (Å²) in [6, 6.07) is 7.27. The molecule has 2 bridgehead atoms. The molecule has 1 saturated heterocycles. The molecule has 3 aliphatic rings. The monoisotopic (exact) mass is 481 g/mol. The SMILES string of the molecule is Cc1cc(N2C[C@H]3CC[C@@H](C2)[C@@H]3Nc2nc3n(n2)CCCC[C@H]3c2cc(F)cc(Cl)c2)cnn1. The Kier molecular flexibility index (Phi) is 5.63. The largest absolute Gasteiger partial charge is 0.369 e. The minimum Gasteiger partial charge on any atom is -0.369 e. The molecule has 0 unspecified atom stereocenters. The highest BCUT2D eigenvalue weighted by Gasteiger charge is 2.43. The highest BCUT2D eigenvalue weighted by atomic mass is 35.5.